The molecule has 1 spiro atoms. The molecule has 0 aromatic carbocycles. The summed E-state index contributed by atoms with van der Waals surface area (Å²) in [5.74, 6) is 1.01. The zero-order valence-electron chi connectivity index (χ0n) is 32.4. The summed E-state index contributed by atoms with van der Waals surface area (Å²) in [7, 11) is 0. The van der Waals surface area contributed by atoms with Gasteiger partial charge < -0.3 is 29.7 Å². The van der Waals surface area contributed by atoms with Gasteiger partial charge in [-0.3, -0.25) is 14.4 Å². The van der Waals surface area contributed by atoms with Crippen LogP contribution in [-0.4, -0.2) is 83.6 Å². The number of carbonyl (C=O) groups excluding carboxylic acids is 3. The molecule has 0 aromatic rings. The van der Waals surface area contributed by atoms with E-state index >= 15 is 0 Å². The van der Waals surface area contributed by atoms with Crippen LogP contribution in [0.1, 0.15) is 145 Å². The summed E-state index contributed by atoms with van der Waals surface area (Å²) >= 11 is 0. The first-order valence-corrected chi connectivity index (χ1v) is 20.0. The average molecular weight is 706 g/mol. The number of nitrogens with one attached hydrogen (secondary N) is 1. The first-order valence-electron chi connectivity index (χ1n) is 20.0. The fraction of sp³-hybridized carbons (Fsp3) is 0.878. The first-order chi connectivity index (χ1) is 23.7. The van der Waals surface area contributed by atoms with Crippen LogP contribution in [-0.2, 0) is 28.6 Å². The van der Waals surface area contributed by atoms with E-state index in [4.69, 9.17) is 14.2 Å². The van der Waals surface area contributed by atoms with E-state index in [9.17, 15) is 24.6 Å². The molecule has 3 saturated heterocycles. The van der Waals surface area contributed by atoms with Crippen LogP contribution in [0.15, 0.2) is 11.6 Å². The van der Waals surface area contributed by atoms with Gasteiger partial charge in [0.25, 0.3) is 0 Å². The number of hydrogen-bond acceptors (Lipinski definition) is 8. The van der Waals surface area contributed by atoms with Crippen molar-refractivity contribution in [3.63, 3.8) is 0 Å². The zero-order chi connectivity index (χ0) is 36.8. The fourth-order valence-electron chi connectivity index (χ4n) is 8.04. The third-order valence-electron chi connectivity index (χ3n) is 11.7. The van der Waals surface area contributed by atoms with Crippen LogP contribution in [0, 0.1) is 29.6 Å². The van der Waals surface area contributed by atoms with Crippen molar-refractivity contribution in [2.24, 2.45) is 29.6 Å². The molecule has 3 N–H and O–H groups in total. The van der Waals surface area contributed by atoms with Crippen LogP contribution in [0.5, 0.6) is 0 Å². The van der Waals surface area contributed by atoms with Crippen molar-refractivity contribution in [1.29, 1.82) is 0 Å². The quantitative estimate of drug-likeness (QED) is 0.0922. The van der Waals surface area contributed by atoms with Gasteiger partial charge in [0.1, 0.15) is 11.6 Å². The average Bonchev–Trinajstić information content (AvgIpc) is 3.07. The molecule has 0 radical (unpaired) electrons. The number of aliphatic hydroxyl groups is 2. The van der Waals surface area contributed by atoms with E-state index in [-0.39, 0.29) is 66.6 Å². The number of ketones is 2. The monoisotopic (exact) mass is 706 g/mol. The maximum Gasteiger partial charge on any atom is 0.225 e. The van der Waals surface area contributed by atoms with Gasteiger partial charge >= 0.3 is 0 Å². The van der Waals surface area contributed by atoms with Crippen LogP contribution < -0.4 is 5.32 Å². The van der Waals surface area contributed by atoms with Gasteiger partial charge in [0, 0.05) is 38.8 Å². The van der Waals surface area contributed by atoms with E-state index < -0.39 is 18.1 Å². The molecule has 0 aliphatic carbocycles. The minimum atomic E-state index is -0.898. The molecule has 11 atom stereocenters. The molecule has 3 rings (SSSR count). The standard InChI is InChI=1S/C41H71NO8/c1-8-10-34(44)22-36-16-13-28(3)39(49-36)23-35(45)15-17-37(46)31(6)40(47)42-20-9-11-38-29(4)18-19-41(50-38)24-33(25-48-26-41)14-12-27(2)21-30(5)32(7)43/h21,27-29,31-33,36-39,43,46H,8-20,22-26H2,1-7H3,(H,42,47)/b30-21+. The molecular formula is C41H71NO8. The van der Waals surface area contributed by atoms with E-state index in [2.05, 4.69) is 32.2 Å². The molecule has 0 aromatic heterocycles. The van der Waals surface area contributed by atoms with Gasteiger partial charge in [0.2, 0.25) is 5.91 Å². The lowest BCUT2D eigenvalue weighted by Crippen LogP contribution is -2.51. The minimum absolute atomic E-state index is 0.0256. The molecule has 3 aliphatic rings. The summed E-state index contributed by atoms with van der Waals surface area (Å²) in [5, 5.41) is 23.6. The molecular weight excluding hydrogens is 634 g/mol. The van der Waals surface area contributed by atoms with Crippen LogP contribution in [0.3, 0.4) is 0 Å². The number of hydrogen-bond donors (Lipinski definition) is 3. The van der Waals surface area contributed by atoms with Gasteiger partial charge in [-0.2, -0.15) is 0 Å². The molecule has 3 aliphatic heterocycles. The van der Waals surface area contributed by atoms with E-state index in [1.807, 2.05) is 20.8 Å². The molecule has 11 unspecified atom stereocenters. The van der Waals surface area contributed by atoms with Crippen molar-refractivity contribution in [3.8, 4) is 0 Å². The topological polar surface area (TPSA) is 131 Å². The van der Waals surface area contributed by atoms with Gasteiger partial charge in [-0.15, -0.1) is 0 Å². The number of amides is 1. The Morgan fingerprint density at radius 2 is 1.66 bits per heavy atom. The van der Waals surface area contributed by atoms with Gasteiger partial charge in [-0.05, 0) is 114 Å². The predicted molar refractivity (Wildman–Crippen MR) is 197 cm³/mol. The highest BCUT2D eigenvalue weighted by molar-refractivity contribution is 5.80. The number of aliphatic hydroxyl groups excluding tert-OH is 2. The highest BCUT2D eigenvalue weighted by Gasteiger charge is 2.44. The van der Waals surface area contributed by atoms with Crippen molar-refractivity contribution in [2.45, 2.75) is 181 Å². The largest absolute Gasteiger partial charge is 0.392 e. The van der Waals surface area contributed by atoms with Crippen molar-refractivity contribution in [3.05, 3.63) is 11.6 Å². The number of carbonyl (C=O) groups is 3. The van der Waals surface area contributed by atoms with E-state index in [1.165, 1.54) is 0 Å². The summed E-state index contributed by atoms with van der Waals surface area (Å²) in [6.07, 6.45) is 12.0. The Morgan fingerprint density at radius 1 is 0.940 bits per heavy atom. The highest BCUT2D eigenvalue weighted by atomic mass is 16.6. The van der Waals surface area contributed by atoms with Crippen LogP contribution in [0.4, 0.5) is 0 Å². The van der Waals surface area contributed by atoms with Crippen molar-refractivity contribution in [2.75, 3.05) is 19.8 Å². The Hall–Kier alpha value is -1.65. The van der Waals surface area contributed by atoms with Crippen molar-refractivity contribution >= 4 is 17.5 Å². The van der Waals surface area contributed by atoms with Gasteiger partial charge in [0.05, 0.1) is 48.6 Å². The van der Waals surface area contributed by atoms with Crippen molar-refractivity contribution in [1.82, 2.24) is 5.32 Å². The molecule has 288 valence electrons. The third kappa shape index (κ3) is 14.1. The van der Waals surface area contributed by atoms with E-state index in [1.54, 1.807) is 6.92 Å². The number of rotatable bonds is 20. The number of ether oxygens (including phenoxy) is 3. The predicted octanol–water partition coefficient (Wildman–Crippen LogP) is 6.90. The Kier molecular flexibility index (Phi) is 18.1. The SMILES string of the molecule is CCCC(=O)CC1CCC(C)C(CC(=O)CCC(O)C(C)C(=O)NCCCC2OC3(CCC2C)COCC(CCC(C)/C=C(\C)C(C)O)C3)O1. The molecule has 3 heterocycles. The van der Waals surface area contributed by atoms with Crippen LogP contribution >= 0.6 is 0 Å². The summed E-state index contributed by atoms with van der Waals surface area (Å²) in [6.45, 7) is 16.0. The Labute approximate surface area is 303 Å². The minimum Gasteiger partial charge on any atom is -0.392 e. The molecule has 50 heavy (non-hydrogen) atoms. The summed E-state index contributed by atoms with van der Waals surface area (Å²) in [4.78, 5) is 37.8. The number of allylic oxidation sites excluding steroid dienone is 1. The maximum absolute atomic E-state index is 12.9. The molecule has 0 saturated carbocycles. The Bertz CT molecular complexity index is 1090. The second-order valence-corrected chi connectivity index (χ2v) is 16.5. The Morgan fingerprint density at radius 3 is 2.38 bits per heavy atom. The zero-order valence-corrected chi connectivity index (χ0v) is 32.4. The number of Topliss-reactive ketones (excluding diaryl/α,β-unsaturated/α-hetero) is 2. The molecule has 9 heteroatoms. The summed E-state index contributed by atoms with van der Waals surface area (Å²) < 4.78 is 19.1. The molecule has 3 fully saturated rings. The first kappa shape index (κ1) is 42.8. The summed E-state index contributed by atoms with van der Waals surface area (Å²) in [5.41, 5.74) is 0.794. The normalized spacial score (nSPS) is 31.5. The summed E-state index contributed by atoms with van der Waals surface area (Å²) in [6, 6.07) is 0. The van der Waals surface area contributed by atoms with Gasteiger partial charge in [-0.1, -0.05) is 40.7 Å². The van der Waals surface area contributed by atoms with Crippen molar-refractivity contribution < 1.29 is 38.8 Å². The fourth-order valence-corrected chi connectivity index (χ4v) is 8.04. The second kappa shape index (κ2) is 21.2. The van der Waals surface area contributed by atoms with Crippen LogP contribution in [0.25, 0.3) is 0 Å². The lowest BCUT2D eigenvalue weighted by atomic mass is 9.77. The Balaban J connectivity index is 1.35. The van der Waals surface area contributed by atoms with Gasteiger partial charge in [-0.25, -0.2) is 0 Å². The van der Waals surface area contributed by atoms with Crippen LogP contribution in [0.2, 0.25) is 0 Å². The maximum atomic E-state index is 12.9. The molecule has 1 amide bonds. The molecule has 0 bridgehead atoms. The molecule has 9 nitrogen and oxygen atoms in total. The second-order valence-electron chi connectivity index (χ2n) is 16.5. The highest BCUT2D eigenvalue weighted by Crippen LogP contribution is 2.42. The van der Waals surface area contributed by atoms with E-state index in [0.29, 0.717) is 43.7 Å². The lowest BCUT2D eigenvalue weighted by Gasteiger charge is -2.48. The van der Waals surface area contributed by atoms with Gasteiger partial charge in [0.15, 0.2) is 0 Å². The lowest BCUT2D eigenvalue weighted by molar-refractivity contribution is -0.211. The smallest absolute Gasteiger partial charge is 0.225 e. The van der Waals surface area contributed by atoms with E-state index in [0.717, 1.165) is 76.4 Å². The third-order valence-corrected chi connectivity index (χ3v) is 11.7.